The van der Waals surface area contributed by atoms with Crippen LogP contribution in [-0.2, 0) is 4.79 Å². The molecule has 4 rings (SSSR count). The first-order valence-electron chi connectivity index (χ1n) is 9.50. The van der Waals surface area contributed by atoms with E-state index in [9.17, 15) is 9.59 Å². The van der Waals surface area contributed by atoms with Crippen molar-refractivity contribution >= 4 is 23.8 Å². The van der Waals surface area contributed by atoms with Gasteiger partial charge in [0.2, 0.25) is 0 Å². The summed E-state index contributed by atoms with van der Waals surface area (Å²) in [6.45, 7) is 3.94. The molecule has 2 aliphatic heterocycles. The Morgan fingerprint density at radius 2 is 1.96 bits per heavy atom. The van der Waals surface area contributed by atoms with Crippen molar-refractivity contribution in [2.24, 2.45) is 0 Å². The second-order valence-electron chi connectivity index (χ2n) is 6.87. The molecule has 0 bridgehead atoms. The quantitative estimate of drug-likeness (QED) is 0.758. The van der Waals surface area contributed by atoms with Gasteiger partial charge in [0.15, 0.2) is 24.1 Å². The van der Waals surface area contributed by atoms with Crippen molar-refractivity contribution in [1.82, 2.24) is 14.9 Å². The number of amides is 2. The molecule has 0 N–H and O–H groups in total. The van der Waals surface area contributed by atoms with E-state index in [0.29, 0.717) is 37.0 Å². The predicted molar refractivity (Wildman–Crippen MR) is 106 cm³/mol. The molecular formula is C20H23N5O3. The number of urea groups is 1. The number of fused-ring (bicyclic) bond motifs is 1. The Balaban J connectivity index is 1.70. The van der Waals surface area contributed by atoms with Crippen molar-refractivity contribution in [3.05, 3.63) is 30.5 Å². The Bertz CT molecular complexity index is 880. The van der Waals surface area contributed by atoms with Gasteiger partial charge in [-0.1, -0.05) is 0 Å². The zero-order valence-electron chi connectivity index (χ0n) is 16.0. The van der Waals surface area contributed by atoms with Crippen LogP contribution in [0.25, 0.3) is 11.4 Å². The monoisotopic (exact) mass is 381 g/mol. The van der Waals surface area contributed by atoms with Crippen molar-refractivity contribution in [3.8, 4) is 17.1 Å². The molecule has 0 aliphatic carbocycles. The number of carbonyl (C=O) groups is 2. The van der Waals surface area contributed by atoms with Gasteiger partial charge in [0.05, 0.1) is 12.8 Å². The lowest BCUT2D eigenvalue weighted by atomic mass is 10.2. The van der Waals surface area contributed by atoms with Gasteiger partial charge in [0.25, 0.3) is 0 Å². The van der Waals surface area contributed by atoms with Gasteiger partial charge >= 0.3 is 6.03 Å². The molecule has 0 spiro atoms. The molecule has 8 nitrogen and oxygen atoms in total. The maximum atomic E-state index is 13.1. The van der Waals surface area contributed by atoms with E-state index < -0.39 is 6.17 Å². The topological polar surface area (TPSA) is 78.9 Å². The normalized spacial score (nSPS) is 18.4. The van der Waals surface area contributed by atoms with Crippen LogP contribution in [0, 0.1) is 0 Å². The van der Waals surface area contributed by atoms with E-state index in [2.05, 4.69) is 9.97 Å². The number of likely N-dealkylation sites (tertiary alicyclic amines) is 1. The highest BCUT2D eigenvalue weighted by Crippen LogP contribution is 2.38. The van der Waals surface area contributed by atoms with Crippen molar-refractivity contribution < 1.29 is 14.3 Å². The number of anilines is 2. The minimum atomic E-state index is -0.715. The van der Waals surface area contributed by atoms with Crippen LogP contribution in [-0.4, -0.2) is 60.1 Å². The fourth-order valence-corrected chi connectivity index (χ4v) is 3.66. The number of nitrogens with zero attached hydrogens (tertiary/aromatic N) is 5. The third-order valence-corrected chi connectivity index (χ3v) is 5.15. The van der Waals surface area contributed by atoms with Crippen molar-refractivity contribution in [3.63, 3.8) is 0 Å². The Labute approximate surface area is 163 Å². The maximum absolute atomic E-state index is 13.1. The molecule has 146 valence electrons. The van der Waals surface area contributed by atoms with Gasteiger partial charge in [-0.15, -0.1) is 0 Å². The number of rotatable bonds is 4. The Kier molecular flexibility index (Phi) is 4.85. The first-order valence-corrected chi connectivity index (χ1v) is 9.50. The summed E-state index contributed by atoms with van der Waals surface area (Å²) in [5, 5.41) is 0. The molecule has 1 aromatic heterocycles. The summed E-state index contributed by atoms with van der Waals surface area (Å²) >= 11 is 0. The zero-order valence-corrected chi connectivity index (χ0v) is 16.0. The van der Waals surface area contributed by atoms with Crippen LogP contribution in [0.4, 0.5) is 16.3 Å². The standard InChI is InChI=1S/C20H23N5O3/c1-3-28-15-8-6-14(7-9-15)18-21-12-16-19(22-18)25(17(13-26)23(16)2)20(27)24-10-4-5-11-24/h6-9,12-13,17H,3-5,10-11H2,1-2H3. The molecule has 0 radical (unpaired) electrons. The highest BCUT2D eigenvalue weighted by atomic mass is 16.5. The summed E-state index contributed by atoms with van der Waals surface area (Å²) in [4.78, 5) is 38.9. The first-order chi connectivity index (χ1) is 13.6. The third kappa shape index (κ3) is 3.04. The van der Waals surface area contributed by atoms with Gasteiger partial charge in [-0.2, -0.15) is 0 Å². The second-order valence-corrected chi connectivity index (χ2v) is 6.87. The molecule has 1 unspecified atom stereocenters. The van der Waals surface area contributed by atoms with Crippen LogP contribution < -0.4 is 14.5 Å². The van der Waals surface area contributed by atoms with Crippen molar-refractivity contribution in [1.29, 1.82) is 0 Å². The smallest absolute Gasteiger partial charge is 0.327 e. The lowest BCUT2D eigenvalue weighted by Crippen LogP contribution is -2.51. The minimum absolute atomic E-state index is 0.184. The van der Waals surface area contributed by atoms with E-state index in [0.717, 1.165) is 30.4 Å². The summed E-state index contributed by atoms with van der Waals surface area (Å²) in [7, 11) is 1.77. The summed E-state index contributed by atoms with van der Waals surface area (Å²) in [6.07, 6.45) is 3.69. The number of hydrogen-bond donors (Lipinski definition) is 0. The van der Waals surface area contributed by atoms with E-state index in [-0.39, 0.29) is 6.03 Å². The van der Waals surface area contributed by atoms with Crippen molar-refractivity contribution in [2.45, 2.75) is 25.9 Å². The van der Waals surface area contributed by atoms with Crippen molar-refractivity contribution in [2.75, 3.05) is 36.5 Å². The van der Waals surface area contributed by atoms with E-state index in [4.69, 9.17) is 4.74 Å². The average Bonchev–Trinajstić information content (AvgIpc) is 3.35. The lowest BCUT2D eigenvalue weighted by molar-refractivity contribution is -0.108. The highest BCUT2D eigenvalue weighted by Gasteiger charge is 2.41. The molecule has 2 amide bonds. The molecular weight excluding hydrogens is 358 g/mol. The number of carbonyl (C=O) groups excluding carboxylic acids is 2. The van der Waals surface area contributed by atoms with Gasteiger partial charge in [-0.05, 0) is 44.0 Å². The molecule has 1 saturated heterocycles. The van der Waals surface area contributed by atoms with Gasteiger partial charge in [0.1, 0.15) is 11.4 Å². The van der Waals surface area contributed by atoms with Crippen LogP contribution in [0.15, 0.2) is 30.5 Å². The number of benzene rings is 1. The van der Waals surface area contributed by atoms with Gasteiger partial charge in [0, 0.05) is 25.7 Å². The molecule has 1 fully saturated rings. The van der Waals surface area contributed by atoms with E-state index in [1.54, 1.807) is 23.0 Å². The summed E-state index contributed by atoms with van der Waals surface area (Å²) < 4.78 is 5.47. The Morgan fingerprint density at radius 3 is 2.61 bits per heavy atom. The number of aromatic nitrogens is 2. The SMILES string of the molecule is CCOc1ccc(-c2ncc3c(n2)N(C(=O)N2CCCC2)C(C=O)N3C)cc1. The average molecular weight is 381 g/mol. The van der Waals surface area contributed by atoms with Gasteiger partial charge < -0.3 is 14.5 Å². The van der Waals surface area contributed by atoms with Crippen LogP contribution in [0.1, 0.15) is 19.8 Å². The summed E-state index contributed by atoms with van der Waals surface area (Å²) in [5.41, 5.74) is 1.48. The fraction of sp³-hybridized carbons (Fsp3) is 0.400. The first kappa shape index (κ1) is 18.2. The molecule has 1 atom stereocenters. The number of likely N-dealkylation sites (N-methyl/N-ethyl adjacent to an activating group) is 1. The second kappa shape index (κ2) is 7.46. The molecule has 2 aromatic rings. The fourth-order valence-electron chi connectivity index (χ4n) is 3.66. The summed E-state index contributed by atoms with van der Waals surface area (Å²) in [5.74, 6) is 1.75. The van der Waals surface area contributed by atoms with E-state index >= 15 is 0 Å². The number of ether oxygens (including phenoxy) is 1. The number of aldehydes is 1. The lowest BCUT2D eigenvalue weighted by Gasteiger charge is -2.28. The molecule has 0 saturated carbocycles. The highest BCUT2D eigenvalue weighted by molar-refractivity contribution is 6.02. The van der Waals surface area contributed by atoms with Gasteiger partial charge in [-0.3, -0.25) is 4.79 Å². The van der Waals surface area contributed by atoms with Crippen LogP contribution in [0.5, 0.6) is 5.75 Å². The Hall–Kier alpha value is -3.16. The zero-order chi connectivity index (χ0) is 19.7. The molecule has 2 aliphatic rings. The minimum Gasteiger partial charge on any atom is -0.494 e. The van der Waals surface area contributed by atoms with E-state index in [1.807, 2.05) is 31.2 Å². The predicted octanol–water partition coefficient (Wildman–Crippen LogP) is 2.54. The Morgan fingerprint density at radius 1 is 1.25 bits per heavy atom. The van der Waals surface area contributed by atoms with Gasteiger partial charge in [-0.25, -0.2) is 19.7 Å². The molecule has 3 heterocycles. The largest absolute Gasteiger partial charge is 0.494 e. The molecule has 1 aromatic carbocycles. The summed E-state index contributed by atoms with van der Waals surface area (Å²) in [6, 6.07) is 7.31. The number of hydrogen-bond acceptors (Lipinski definition) is 6. The maximum Gasteiger partial charge on any atom is 0.327 e. The van der Waals surface area contributed by atoms with Crippen LogP contribution in [0.3, 0.4) is 0 Å². The van der Waals surface area contributed by atoms with Crippen LogP contribution in [0.2, 0.25) is 0 Å². The molecule has 28 heavy (non-hydrogen) atoms. The third-order valence-electron chi connectivity index (χ3n) is 5.15. The van der Waals surface area contributed by atoms with E-state index in [1.165, 1.54) is 4.90 Å². The van der Waals surface area contributed by atoms with Crippen LogP contribution >= 0.6 is 0 Å². The molecule has 8 heteroatoms.